The highest BCUT2D eigenvalue weighted by Crippen LogP contribution is 2.39. The van der Waals surface area contributed by atoms with Crippen molar-refractivity contribution in [2.75, 3.05) is 26.4 Å². The molecule has 2 aliphatic rings. The molecule has 16 nitrogen and oxygen atoms in total. The Labute approximate surface area is 460 Å². The average Bonchev–Trinajstić information content (AvgIpc) is 3.51. The molecule has 4 heterocycles. The number of alkyl halides is 1. The van der Waals surface area contributed by atoms with Gasteiger partial charge in [-0.05, 0) is 101 Å². The number of phenolic OH excluding ortho intramolecular Hbond substituents is 1. The molecular weight excluding hydrogens is 1020 g/mol. The summed E-state index contributed by atoms with van der Waals surface area (Å²) in [6, 6.07) is 38.8. The summed E-state index contributed by atoms with van der Waals surface area (Å²) in [6.45, 7) is 12.7. The summed E-state index contributed by atoms with van der Waals surface area (Å²) >= 11 is 5.51. The number of pyridine rings is 2. The zero-order valence-corrected chi connectivity index (χ0v) is 43.5. The van der Waals surface area contributed by atoms with Crippen molar-refractivity contribution < 1.29 is 47.9 Å². The molecule has 0 saturated heterocycles. The van der Waals surface area contributed by atoms with Crippen molar-refractivity contribution in [1.82, 2.24) is 9.97 Å². The number of aryl methyl sites for hydroxylation is 2. The minimum absolute atomic E-state index is 0.127. The molecule has 0 fully saturated rings. The van der Waals surface area contributed by atoms with E-state index in [1.165, 1.54) is 18.5 Å². The van der Waals surface area contributed by atoms with Crippen molar-refractivity contribution in [3.8, 4) is 86.5 Å². The number of fused-ring (bicyclic) bond motifs is 2. The van der Waals surface area contributed by atoms with Gasteiger partial charge in [-0.1, -0.05) is 48.5 Å². The molecular formula is C62H47ClN6O10. The Morgan fingerprint density at radius 3 is 1.65 bits per heavy atom. The van der Waals surface area contributed by atoms with Crippen molar-refractivity contribution in [2.24, 2.45) is 0 Å². The quantitative estimate of drug-likeness (QED) is 0.0608. The van der Waals surface area contributed by atoms with E-state index >= 15 is 0 Å². The molecule has 2 aliphatic heterocycles. The first-order chi connectivity index (χ1) is 38.6. The van der Waals surface area contributed by atoms with Crippen LogP contribution in [-0.2, 0) is 25.7 Å². The minimum Gasteiger partial charge on any atom is -0.507 e. The van der Waals surface area contributed by atoms with Crippen LogP contribution in [0.3, 0.4) is 0 Å². The van der Waals surface area contributed by atoms with Crippen LogP contribution in [0.2, 0.25) is 0 Å². The van der Waals surface area contributed by atoms with Crippen LogP contribution in [-0.4, -0.2) is 54.1 Å². The van der Waals surface area contributed by atoms with E-state index in [0.717, 1.165) is 45.2 Å². The summed E-state index contributed by atoms with van der Waals surface area (Å²) in [6.07, 6.45) is 7.56. The Bertz CT molecular complexity index is 3750. The maximum atomic E-state index is 11.7. The number of ether oxygens (including phenoxy) is 7. The van der Waals surface area contributed by atoms with Gasteiger partial charge in [-0.25, -0.2) is 4.85 Å². The second-order valence-corrected chi connectivity index (χ2v) is 17.8. The van der Waals surface area contributed by atoms with Crippen LogP contribution in [0.25, 0.3) is 27.1 Å². The van der Waals surface area contributed by atoms with Gasteiger partial charge in [0, 0.05) is 59.5 Å². The Morgan fingerprint density at radius 2 is 1.11 bits per heavy atom. The van der Waals surface area contributed by atoms with E-state index in [0.29, 0.717) is 123 Å². The van der Waals surface area contributed by atoms with Crippen LogP contribution in [0.15, 0.2) is 134 Å². The van der Waals surface area contributed by atoms with Crippen molar-refractivity contribution in [3.05, 3.63) is 207 Å². The molecule has 0 aliphatic carbocycles. The van der Waals surface area contributed by atoms with Gasteiger partial charge in [0.2, 0.25) is 5.69 Å². The fourth-order valence-corrected chi connectivity index (χ4v) is 8.48. The first kappa shape index (κ1) is 54.9. The normalized spacial score (nSPS) is 11.5. The van der Waals surface area contributed by atoms with Gasteiger partial charge in [0.25, 0.3) is 0 Å². The van der Waals surface area contributed by atoms with Gasteiger partial charge >= 0.3 is 0 Å². The fraction of sp³-hybridized carbons (Fsp3) is 0.161. The van der Waals surface area contributed by atoms with Gasteiger partial charge in [0.1, 0.15) is 87.5 Å². The molecule has 0 spiro atoms. The maximum absolute atomic E-state index is 11.7. The molecule has 17 heteroatoms. The van der Waals surface area contributed by atoms with Crippen molar-refractivity contribution in [3.63, 3.8) is 0 Å². The Balaban J connectivity index is 0.000000181. The van der Waals surface area contributed by atoms with Gasteiger partial charge in [0.05, 0.1) is 34.4 Å². The molecule has 0 atom stereocenters. The Morgan fingerprint density at radius 1 is 0.595 bits per heavy atom. The lowest BCUT2D eigenvalue weighted by molar-refractivity contribution is 0.111. The van der Waals surface area contributed by atoms with E-state index in [2.05, 4.69) is 27.0 Å². The van der Waals surface area contributed by atoms with Gasteiger partial charge in [0.15, 0.2) is 35.6 Å². The summed E-state index contributed by atoms with van der Waals surface area (Å²) in [7, 11) is 0. The lowest BCUT2D eigenvalue weighted by Gasteiger charge is -2.19. The number of nitriles is 3. The van der Waals surface area contributed by atoms with Crippen LogP contribution >= 0.6 is 11.6 Å². The number of rotatable bonds is 14. The highest BCUT2D eigenvalue weighted by molar-refractivity contribution is 6.17. The summed E-state index contributed by atoms with van der Waals surface area (Å²) in [5.74, 6) is 4.27. The predicted octanol–water partition coefficient (Wildman–Crippen LogP) is 12.3. The van der Waals surface area contributed by atoms with E-state index in [-0.39, 0.29) is 31.1 Å². The van der Waals surface area contributed by atoms with Gasteiger partial charge in [-0.15, -0.1) is 11.6 Å². The Hall–Kier alpha value is -10.4. The number of halogens is 1. The predicted molar refractivity (Wildman–Crippen MR) is 292 cm³/mol. The highest BCUT2D eigenvalue weighted by Gasteiger charge is 2.19. The number of carbonyl (C=O) groups excluding carboxylic acids is 2. The number of benzene rings is 6. The third-order valence-corrected chi connectivity index (χ3v) is 12.6. The van der Waals surface area contributed by atoms with Crippen molar-refractivity contribution in [2.45, 2.75) is 39.5 Å². The first-order valence-electron chi connectivity index (χ1n) is 24.4. The summed E-state index contributed by atoms with van der Waals surface area (Å²) in [5.41, 5.74) is 10.2. The monoisotopic (exact) mass is 1070 g/mol. The topological polar surface area (TPSA) is 220 Å². The van der Waals surface area contributed by atoms with E-state index in [4.69, 9.17) is 56.6 Å². The van der Waals surface area contributed by atoms with Gasteiger partial charge in [-0.2, -0.15) is 15.8 Å². The van der Waals surface area contributed by atoms with Gasteiger partial charge in [-0.3, -0.25) is 19.6 Å². The summed E-state index contributed by atoms with van der Waals surface area (Å²) in [4.78, 5) is 33.7. The second kappa shape index (κ2) is 26.4. The van der Waals surface area contributed by atoms with Crippen LogP contribution in [0.5, 0.6) is 46.0 Å². The molecule has 0 saturated carbocycles. The molecule has 10 rings (SSSR count). The molecule has 0 amide bonds. The average molecular weight is 1070 g/mol. The molecule has 2 aromatic heterocycles. The largest absolute Gasteiger partial charge is 0.507 e. The highest BCUT2D eigenvalue weighted by atomic mass is 35.5. The summed E-state index contributed by atoms with van der Waals surface area (Å²) < 4.78 is 40.4. The third-order valence-electron chi connectivity index (χ3n) is 12.3. The standard InChI is InChI=1S/C31H23N3O5.C24H19NO5.C7H5ClN2/c1-20-9-25(17-35)30(38-18-22-10-21(13-32)15-34-16-22)12-29(20)39-19-24-3-2-4-26(27(24)14-33)23-5-6-28-31(11-23)37-8-7-36-28;1-15-9-18(13-26)21(27)11-23(15)30-14-17-3-2-4-19(20(17)12-25)16-5-6-22-24(10-16)29-8-7-28-22;1-9-7-2-6(3-8)4-10-5-7/h2-6,9-12,15-17H,7-8,18-19H2,1H3;2-6,9-11,13,27H,7-8,14H2,1H3;2,4-5H,3H2. The number of hydrogen-bond donors (Lipinski definition) is 1. The number of hydrogen-bond acceptors (Lipinski definition) is 15. The van der Waals surface area contributed by atoms with Crippen molar-refractivity contribution >= 4 is 29.9 Å². The lowest BCUT2D eigenvalue weighted by atomic mass is 9.96. The van der Waals surface area contributed by atoms with Crippen LogP contribution in [0, 0.1) is 54.4 Å². The number of aldehydes is 2. The second-order valence-electron chi connectivity index (χ2n) is 17.5. The zero-order valence-electron chi connectivity index (χ0n) is 42.7. The van der Waals surface area contributed by atoms with Crippen LogP contribution in [0.1, 0.15) is 70.8 Å². The maximum Gasteiger partial charge on any atom is 0.205 e. The smallest absolute Gasteiger partial charge is 0.205 e. The number of nitrogens with zero attached hydrogens (tertiary/aromatic N) is 6. The van der Waals surface area contributed by atoms with E-state index in [9.17, 15) is 25.2 Å². The van der Waals surface area contributed by atoms with Crippen LogP contribution in [0.4, 0.5) is 5.69 Å². The Kier molecular flexibility index (Phi) is 18.3. The molecule has 0 radical (unpaired) electrons. The van der Waals surface area contributed by atoms with Crippen molar-refractivity contribution in [1.29, 1.82) is 15.8 Å². The number of aromatic nitrogens is 2. The van der Waals surface area contributed by atoms with E-state index in [1.807, 2.05) is 85.8 Å². The zero-order chi connectivity index (χ0) is 55.7. The molecule has 8 aromatic rings. The lowest BCUT2D eigenvalue weighted by Crippen LogP contribution is -2.15. The number of phenols is 1. The molecule has 0 bridgehead atoms. The van der Waals surface area contributed by atoms with Gasteiger partial charge < -0.3 is 38.3 Å². The third kappa shape index (κ3) is 13.5. The van der Waals surface area contributed by atoms with E-state index in [1.54, 1.807) is 49.6 Å². The molecule has 79 heavy (non-hydrogen) atoms. The molecule has 1 N–H and O–H groups in total. The molecule has 6 aromatic carbocycles. The first-order valence-corrected chi connectivity index (χ1v) is 24.9. The minimum atomic E-state index is -0.142. The molecule has 0 unspecified atom stereocenters. The van der Waals surface area contributed by atoms with Crippen LogP contribution < -0.4 is 33.2 Å². The molecule has 392 valence electrons. The number of carbonyl (C=O) groups is 2. The van der Waals surface area contributed by atoms with E-state index < -0.39 is 0 Å². The number of aromatic hydroxyl groups is 1. The fourth-order valence-electron chi connectivity index (χ4n) is 8.33. The summed E-state index contributed by atoms with van der Waals surface area (Å²) in [5, 5.41) is 38.9. The SMILES string of the molecule is Cc1cc(C=O)c(O)cc1OCc1cccc(-c2ccc3c(c2)OCCO3)c1C#N.Cc1cc(C=O)c(OCc2cncc(C#N)c2)cc1OCc1cccc(-c2ccc3c(c2)OCCO3)c1C#N.[C-]#[N+]c1cncc(CCl)c1.